The Hall–Kier alpha value is -2.25. The molecule has 2 aromatic carbocycles. The number of amides is 2. The fourth-order valence-electron chi connectivity index (χ4n) is 2.65. The maximum atomic E-state index is 11.8. The molecular weight excluding hydrogens is 430 g/mol. The van der Waals surface area contributed by atoms with Crippen LogP contribution >= 0.6 is 27.7 Å². The van der Waals surface area contributed by atoms with Crippen molar-refractivity contribution in [3.05, 3.63) is 62.5 Å². The molecule has 0 atom stereocenters. The molecule has 1 N–H and O–H groups in total. The van der Waals surface area contributed by atoms with Crippen molar-refractivity contribution in [2.24, 2.45) is 0 Å². The average molecular weight is 448 g/mol. The lowest BCUT2D eigenvalue weighted by molar-refractivity contribution is -0.115. The zero-order chi connectivity index (χ0) is 19.4. The van der Waals surface area contributed by atoms with Crippen molar-refractivity contribution in [3.8, 4) is 11.5 Å². The molecule has 0 aromatic heterocycles. The van der Waals surface area contributed by atoms with Gasteiger partial charge in [-0.1, -0.05) is 34.1 Å². The second kappa shape index (κ2) is 8.63. The van der Waals surface area contributed by atoms with Crippen molar-refractivity contribution in [1.29, 1.82) is 0 Å². The molecule has 3 rings (SSSR count). The van der Waals surface area contributed by atoms with Crippen molar-refractivity contribution in [3.63, 3.8) is 0 Å². The topological polar surface area (TPSA) is 64.6 Å². The molecule has 5 nitrogen and oxygen atoms in total. The number of nitrogens with one attached hydrogen (secondary N) is 1. The van der Waals surface area contributed by atoms with E-state index in [-0.39, 0.29) is 5.24 Å². The van der Waals surface area contributed by atoms with E-state index in [1.54, 1.807) is 6.08 Å². The number of ether oxygens (including phenoxy) is 2. The van der Waals surface area contributed by atoms with Gasteiger partial charge in [0.15, 0.2) is 0 Å². The summed E-state index contributed by atoms with van der Waals surface area (Å²) in [6.45, 7) is 4.76. The molecule has 140 valence electrons. The van der Waals surface area contributed by atoms with Gasteiger partial charge in [-0.25, -0.2) is 0 Å². The zero-order valence-electron chi connectivity index (χ0n) is 14.9. The van der Waals surface area contributed by atoms with E-state index in [0.717, 1.165) is 33.1 Å². The molecule has 1 fully saturated rings. The fraction of sp³-hybridized carbons (Fsp3) is 0.200. The van der Waals surface area contributed by atoms with Crippen LogP contribution in [0.4, 0.5) is 4.79 Å². The molecule has 1 saturated heterocycles. The Labute approximate surface area is 170 Å². The van der Waals surface area contributed by atoms with Gasteiger partial charge >= 0.3 is 0 Å². The first-order valence-electron chi connectivity index (χ1n) is 8.30. The largest absolute Gasteiger partial charge is 0.489 e. The SMILES string of the molecule is Cc1cccc(C)c1OCCOc1ccc(Br)cc1/C=C1\SC(=O)NC1=O. The standard InChI is InChI=1S/C20H18BrNO4S/c1-12-4-3-5-13(2)18(12)26-9-8-25-16-7-6-15(21)10-14(16)11-17-19(23)22-20(24)27-17/h3-7,10-11H,8-9H2,1-2H3,(H,22,23,24)/b17-11-. The summed E-state index contributed by atoms with van der Waals surface area (Å²) >= 11 is 4.30. The minimum absolute atomic E-state index is 0.342. The number of aryl methyl sites for hydroxylation is 2. The number of rotatable bonds is 6. The number of carbonyl (C=O) groups is 2. The Morgan fingerprint density at radius 3 is 2.44 bits per heavy atom. The number of carbonyl (C=O) groups excluding carboxylic acids is 2. The summed E-state index contributed by atoms with van der Waals surface area (Å²) in [4.78, 5) is 23.5. The predicted octanol–water partition coefficient (Wildman–Crippen LogP) is 4.85. The number of thioether (sulfide) groups is 1. The molecule has 2 amide bonds. The van der Waals surface area contributed by atoms with E-state index in [1.807, 2.05) is 50.2 Å². The van der Waals surface area contributed by atoms with Crippen LogP contribution in [0.25, 0.3) is 6.08 Å². The number of benzene rings is 2. The van der Waals surface area contributed by atoms with Crippen LogP contribution in [0.2, 0.25) is 0 Å². The Kier molecular flexibility index (Phi) is 6.23. The summed E-state index contributed by atoms with van der Waals surface area (Å²) < 4.78 is 12.6. The molecule has 7 heteroatoms. The summed E-state index contributed by atoms with van der Waals surface area (Å²) in [5.41, 5.74) is 2.87. The number of hydrogen-bond acceptors (Lipinski definition) is 5. The first kappa shape index (κ1) is 19.5. The quantitative estimate of drug-likeness (QED) is 0.506. The van der Waals surface area contributed by atoms with Crippen LogP contribution in [0, 0.1) is 13.8 Å². The number of para-hydroxylation sites is 1. The summed E-state index contributed by atoms with van der Waals surface area (Å²) in [7, 11) is 0. The van der Waals surface area contributed by atoms with Crippen LogP contribution in [-0.2, 0) is 4.79 Å². The summed E-state index contributed by atoms with van der Waals surface area (Å²) in [6.07, 6.45) is 1.65. The monoisotopic (exact) mass is 447 g/mol. The highest BCUT2D eigenvalue weighted by Crippen LogP contribution is 2.31. The summed E-state index contributed by atoms with van der Waals surface area (Å²) in [5, 5.41) is 1.88. The number of halogens is 1. The third kappa shape index (κ3) is 4.93. The summed E-state index contributed by atoms with van der Waals surface area (Å²) in [6, 6.07) is 11.5. The van der Waals surface area contributed by atoms with Gasteiger partial charge in [-0.2, -0.15) is 0 Å². The highest BCUT2D eigenvalue weighted by molar-refractivity contribution is 9.10. The molecule has 0 unspecified atom stereocenters. The third-order valence-electron chi connectivity index (χ3n) is 3.90. The molecule has 0 bridgehead atoms. The lowest BCUT2D eigenvalue weighted by Gasteiger charge is -2.14. The van der Waals surface area contributed by atoms with E-state index in [1.165, 1.54) is 0 Å². The maximum absolute atomic E-state index is 11.8. The number of hydrogen-bond donors (Lipinski definition) is 1. The molecule has 27 heavy (non-hydrogen) atoms. The second-order valence-electron chi connectivity index (χ2n) is 5.95. The first-order chi connectivity index (χ1) is 12.9. The fourth-order valence-corrected chi connectivity index (χ4v) is 3.70. The van der Waals surface area contributed by atoms with Gasteiger partial charge in [0, 0.05) is 10.0 Å². The minimum Gasteiger partial charge on any atom is -0.489 e. The molecular formula is C20H18BrNO4S. The highest BCUT2D eigenvalue weighted by atomic mass is 79.9. The first-order valence-corrected chi connectivity index (χ1v) is 9.91. The van der Waals surface area contributed by atoms with Gasteiger partial charge in [-0.05, 0) is 61.0 Å². The van der Waals surface area contributed by atoms with Crippen LogP contribution in [0.1, 0.15) is 16.7 Å². The zero-order valence-corrected chi connectivity index (χ0v) is 17.3. The van der Waals surface area contributed by atoms with Gasteiger partial charge < -0.3 is 9.47 Å². The smallest absolute Gasteiger partial charge is 0.290 e. The van der Waals surface area contributed by atoms with Crippen molar-refractivity contribution in [1.82, 2.24) is 5.32 Å². The van der Waals surface area contributed by atoms with Gasteiger partial charge in [0.05, 0.1) is 4.91 Å². The molecule has 0 spiro atoms. The van der Waals surface area contributed by atoms with Crippen LogP contribution in [0.3, 0.4) is 0 Å². The van der Waals surface area contributed by atoms with E-state index >= 15 is 0 Å². The normalized spacial score (nSPS) is 15.1. The van der Waals surface area contributed by atoms with Crippen molar-refractivity contribution >= 4 is 44.9 Å². The van der Waals surface area contributed by atoms with Crippen LogP contribution in [-0.4, -0.2) is 24.4 Å². The summed E-state index contributed by atoms with van der Waals surface area (Å²) in [5.74, 6) is 1.09. The van der Waals surface area contributed by atoms with E-state index in [9.17, 15) is 9.59 Å². The average Bonchev–Trinajstić information content (AvgIpc) is 2.92. The van der Waals surface area contributed by atoms with Crippen LogP contribution in [0.15, 0.2) is 45.8 Å². The van der Waals surface area contributed by atoms with Gasteiger partial charge in [0.1, 0.15) is 24.7 Å². The maximum Gasteiger partial charge on any atom is 0.290 e. The molecule has 0 saturated carbocycles. The Balaban J connectivity index is 1.68. The molecule has 0 aliphatic carbocycles. The second-order valence-corrected chi connectivity index (χ2v) is 7.88. The van der Waals surface area contributed by atoms with E-state index in [0.29, 0.717) is 29.4 Å². The number of imide groups is 1. The van der Waals surface area contributed by atoms with Gasteiger partial charge in [0.25, 0.3) is 11.1 Å². The highest BCUT2D eigenvalue weighted by Gasteiger charge is 2.25. The lowest BCUT2D eigenvalue weighted by Crippen LogP contribution is -2.17. The van der Waals surface area contributed by atoms with Crippen molar-refractivity contribution in [2.45, 2.75) is 13.8 Å². The van der Waals surface area contributed by atoms with Gasteiger partial charge in [-0.3, -0.25) is 14.9 Å². The van der Waals surface area contributed by atoms with Crippen LogP contribution < -0.4 is 14.8 Å². The van der Waals surface area contributed by atoms with E-state index in [4.69, 9.17) is 9.47 Å². The Bertz CT molecular complexity index is 906. The van der Waals surface area contributed by atoms with Crippen LogP contribution in [0.5, 0.6) is 11.5 Å². The molecule has 1 aliphatic heterocycles. The minimum atomic E-state index is -0.394. The third-order valence-corrected chi connectivity index (χ3v) is 5.20. The molecule has 0 radical (unpaired) electrons. The van der Waals surface area contributed by atoms with Gasteiger partial charge in [0.2, 0.25) is 0 Å². The molecule has 1 heterocycles. The Morgan fingerprint density at radius 1 is 1.07 bits per heavy atom. The van der Waals surface area contributed by atoms with Crippen molar-refractivity contribution in [2.75, 3.05) is 13.2 Å². The van der Waals surface area contributed by atoms with Crippen molar-refractivity contribution < 1.29 is 19.1 Å². The predicted molar refractivity (Wildman–Crippen MR) is 110 cm³/mol. The molecule has 2 aromatic rings. The molecule has 1 aliphatic rings. The Morgan fingerprint density at radius 2 is 1.78 bits per heavy atom. The lowest BCUT2D eigenvalue weighted by atomic mass is 10.1. The van der Waals surface area contributed by atoms with Gasteiger partial charge in [-0.15, -0.1) is 0 Å². The van der Waals surface area contributed by atoms with E-state index in [2.05, 4.69) is 21.2 Å². The van der Waals surface area contributed by atoms with E-state index < -0.39 is 5.91 Å².